The van der Waals surface area contributed by atoms with Crippen molar-refractivity contribution in [1.82, 2.24) is 25.5 Å². The van der Waals surface area contributed by atoms with Gasteiger partial charge in [0.25, 0.3) is 0 Å². The molecule has 2 aromatic heterocycles. The number of benzene rings is 1. The van der Waals surface area contributed by atoms with Gasteiger partial charge in [-0.05, 0) is 25.8 Å². The standard InChI is InChI=1S/C19H23N5O/c1-4-16(21-18(25)10-15-12(2)23-24-13(15)3)19-20-11-17(22-19)14-8-6-5-7-9-14/h5-9,11,16H,4,10H2,1-3H3,(H,20,22)(H,21,25)(H,23,24). The van der Waals surface area contributed by atoms with E-state index in [-0.39, 0.29) is 11.9 Å². The van der Waals surface area contributed by atoms with Crippen molar-refractivity contribution in [1.29, 1.82) is 0 Å². The van der Waals surface area contributed by atoms with Crippen molar-refractivity contribution in [3.05, 3.63) is 59.3 Å². The van der Waals surface area contributed by atoms with Crippen LogP contribution in [0.1, 0.15) is 42.2 Å². The van der Waals surface area contributed by atoms with Gasteiger partial charge in [-0.3, -0.25) is 9.89 Å². The maximum absolute atomic E-state index is 12.4. The number of nitrogens with one attached hydrogen (secondary N) is 3. The molecule has 3 aromatic rings. The highest BCUT2D eigenvalue weighted by molar-refractivity contribution is 5.79. The summed E-state index contributed by atoms with van der Waals surface area (Å²) in [6.45, 7) is 5.87. The van der Waals surface area contributed by atoms with Crippen LogP contribution in [0, 0.1) is 13.8 Å². The van der Waals surface area contributed by atoms with Crippen molar-refractivity contribution in [2.75, 3.05) is 0 Å². The van der Waals surface area contributed by atoms with Crippen LogP contribution in [-0.4, -0.2) is 26.1 Å². The molecule has 0 aliphatic carbocycles. The Hall–Kier alpha value is -2.89. The van der Waals surface area contributed by atoms with Gasteiger partial charge in [0.1, 0.15) is 5.82 Å². The van der Waals surface area contributed by atoms with Gasteiger partial charge in [-0.2, -0.15) is 5.10 Å². The fourth-order valence-electron chi connectivity index (χ4n) is 2.88. The maximum Gasteiger partial charge on any atom is 0.225 e. The van der Waals surface area contributed by atoms with Crippen LogP contribution in [0.4, 0.5) is 0 Å². The molecule has 0 spiro atoms. The number of rotatable bonds is 6. The lowest BCUT2D eigenvalue weighted by Gasteiger charge is -2.15. The SMILES string of the molecule is CCC(NC(=O)Cc1c(C)n[nH]c1C)c1ncc(-c2ccccc2)[nH]1. The Morgan fingerprint density at radius 2 is 2.00 bits per heavy atom. The summed E-state index contributed by atoms with van der Waals surface area (Å²) in [6, 6.07) is 9.88. The zero-order valence-electron chi connectivity index (χ0n) is 14.8. The van der Waals surface area contributed by atoms with E-state index in [1.54, 1.807) is 0 Å². The molecule has 0 radical (unpaired) electrons. The number of hydrogen-bond donors (Lipinski definition) is 3. The molecule has 0 bridgehead atoms. The number of nitrogens with zero attached hydrogens (tertiary/aromatic N) is 2. The van der Waals surface area contributed by atoms with E-state index in [1.165, 1.54) is 0 Å². The second-order valence-electron chi connectivity index (χ2n) is 6.17. The lowest BCUT2D eigenvalue weighted by Crippen LogP contribution is -2.30. The molecule has 25 heavy (non-hydrogen) atoms. The van der Waals surface area contributed by atoms with Crippen molar-refractivity contribution in [2.45, 2.75) is 39.7 Å². The molecule has 0 aliphatic heterocycles. The summed E-state index contributed by atoms with van der Waals surface area (Å²) in [5, 5.41) is 10.1. The topological polar surface area (TPSA) is 86.5 Å². The quantitative estimate of drug-likeness (QED) is 0.645. The van der Waals surface area contributed by atoms with Crippen LogP contribution in [0.2, 0.25) is 0 Å². The van der Waals surface area contributed by atoms with E-state index in [0.717, 1.165) is 40.5 Å². The van der Waals surface area contributed by atoms with E-state index in [9.17, 15) is 4.79 Å². The Bertz CT molecular complexity index is 830. The van der Waals surface area contributed by atoms with Crippen LogP contribution in [-0.2, 0) is 11.2 Å². The summed E-state index contributed by atoms with van der Waals surface area (Å²) in [5.74, 6) is 0.743. The minimum absolute atomic E-state index is 0.0305. The molecule has 6 heteroatoms. The molecule has 1 atom stereocenters. The van der Waals surface area contributed by atoms with Crippen LogP contribution in [0.3, 0.4) is 0 Å². The zero-order valence-corrected chi connectivity index (χ0v) is 14.8. The molecule has 130 valence electrons. The number of aryl methyl sites for hydroxylation is 2. The Morgan fingerprint density at radius 3 is 2.64 bits per heavy atom. The molecule has 1 aromatic carbocycles. The van der Waals surface area contributed by atoms with Gasteiger partial charge in [0.15, 0.2) is 0 Å². The van der Waals surface area contributed by atoms with Crippen LogP contribution in [0.15, 0.2) is 36.5 Å². The maximum atomic E-state index is 12.4. The minimum Gasteiger partial charge on any atom is -0.346 e. The average molecular weight is 337 g/mol. The third-order valence-corrected chi connectivity index (χ3v) is 4.37. The number of H-pyrrole nitrogens is 2. The molecular weight excluding hydrogens is 314 g/mol. The summed E-state index contributed by atoms with van der Waals surface area (Å²) in [6.07, 6.45) is 2.89. The van der Waals surface area contributed by atoms with Crippen molar-refractivity contribution in [2.24, 2.45) is 0 Å². The van der Waals surface area contributed by atoms with Gasteiger partial charge in [0.2, 0.25) is 5.91 Å². The number of aromatic nitrogens is 4. The number of hydrogen-bond acceptors (Lipinski definition) is 3. The van der Waals surface area contributed by atoms with Crippen LogP contribution in [0.25, 0.3) is 11.3 Å². The zero-order chi connectivity index (χ0) is 17.8. The third-order valence-electron chi connectivity index (χ3n) is 4.37. The van der Waals surface area contributed by atoms with Gasteiger partial charge < -0.3 is 10.3 Å². The van der Waals surface area contributed by atoms with E-state index in [2.05, 4.69) is 25.5 Å². The molecule has 6 nitrogen and oxygen atoms in total. The highest BCUT2D eigenvalue weighted by Gasteiger charge is 2.18. The highest BCUT2D eigenvalue weighted by atomic mass is 16.1. The number of amides is 1. The number of carbonyl (C=O) groups excluding carboxylic acids is 1. The normalized spacial score (nSPS) is 12.1. The van der Waals surface area contributed by atoms with E-state index in [1.807, 2.05) is 57.3 Å². The smallest absolute Gasteiger partial charge is 0.225 e. The fraction of sp³-hybridized carbons (Fsp3) is 0.316. The summed E-state index contributed by atoms with van der Waals surface area (Å²) in [4.78, 5) is 20.2. The Balaban J connectivity index is 1.70. The number of imidazole rings is 1. The van der Waals surface area contributed by atoms with Gasteiger partial charge in [-0.1, -0.05) is 37.3 Å². The van der Waals surface area contributed by atoms with Gasteiger partial charge in [-0.25, -0.2) is 4.98 Å². The number of aromatic amines is 2. The van der Waals surface area contributed by atoms with E-state index in [0.29, 0.717) is 6.42 Å². The molecular formula is C19H23N5O. The molecule has 3 N–H and O–H groups in total. The van der Waals surface area contributed by atoms with E-state index >= 15 is 0 Å². The van der Waals surface area contributed by atoms with E-state index in [4.69, 9.17) is 0 Å². The summed E-state index contributed by atoms with van der Waals surface area (Å²) < 4.78 is 0. The first-order valence-electron chi connectivity index (χ1n) is 8.48. The Kier molecular flexibility index (Phi) is 4.97. The van der Waals surface area contributed by atoms with Gasteiger partial charge in [-0.15, -0.1) is 0 Å². The average Bonchev–Trinajstić information content (AvgIpc) is 3.23. The third kappa shape index (κ3) is 3.79. The number of carbonyl (C=O) groups is 1. The summed E-state index contributed by atoms with van der Waals surface area (Å²) >= 11 is 0. The largest absolute Gasteiger partial charge is 0.346 e. The van der Waals surface area contributed by atoms with Crippen molar-refractivity contribution in [3.63, 3.8) is 0 Å². The second kappa shape index (κ2) is 7.34. The lowest BCUT2D eigenvalue weighted by atomic mass is 10.1. The first-order chi connectivity index (χ1) is 12.1. The Labute approximate surface area is 147 Å². The molecule has 1 unspecified atom stereocenters. The first kappa shape index (κ1) is 17.0. The van der Waals surface area contributed by atoms with Crippen molar-refractivity contribution < 1.29 is 4.79 Å². The predicted octanol–water partition coefficient (Wildman–Crippen LogP) is 3.23. The molecule has 0 aliphatic rings. The van der Waals surface area contributed by atoms with Crippen molar-refractivity contribution >= 4 is 5.91 Å². The molecule has 2 heterocycles. The Morgan fingerprint density at radius 1 is 1.24 bits per heavy atom. The van der Waals surface area contributed by atoms with Crippen LogP contribution in [0.5, 0.6) is 0 Å². The summed E-state index contributed by atoms with van der Waals surface area (Å²) in [7, 11) is 0. The highest BCUT2D eigenvalue weighted by Crippen LogP contribution is 2.20. The van der Waals surface area contributed by atoms with E-state index < -0.39 is 0 Å². The molecule has 0 saturated carbocycles. The monoisotopic (exact) mass is 337 g/mol. The first-order valence-corrected chi connectivity index (χ1v) is 8.48. The van der Waals surface area contributed by atoms with Crippen molar-refractivity contribution in [3.8, 4) is 11.3 Å². The minimum atomic E-state index is -0.141. The van der Waals surface area contributed by atoms with Crippen LogP contribution >= 0.6 is 0 Å². The molecule has 0 saturated heterocycles. The van der Waals surface area contributed by atoms with Crippen LogP contribution < -0.4 is 5.32 Å². The van der Waals surface area contributed by atoms with Gasteiger partial charge >= 0.3 is 0 Å². The molecule has 1 amide bonds. The van der Waals surface area contributed by atoms with Gasteiger partial charge in [0, 0.05) is 11.3 Å². The lowest BCUT2D eigenvalue weighted by molar-refractivity contribution is -0.121. The van der Waals surface area contributed by atoms with Gasteiger partial charge in [0.05, 0.1) is 30.0 Å². The molecule has 3 rings (SSSR count). The summed E-state index contributed by atoms with van der Waals surface area (Å²) in [5.41, 5.74) is 4.78. The molecule has 0 fully saturated rings. The predicted molar refractivity (Wildman–Crippen MR) is 97.0 cm³/mol. The second-order valence-corrected chi connectivity index (χ2v) is 6.17. The fourth-order valence-corrected chi connectivity index (χ4v) is 2.88.